The number of carbonyl (C=O) groups excluding carboxylic acids is 2. The van der Waals surface area contributed by atoms with Gasteiger partial charge in [-0.15, -0.1) is 0 Å². The number of ether oxygens (including phenoxy) is 2. The molecule has 9 nitrogen and oxygen atoms in total. The summed E-state index contributed by atoms with van der Waals surface area (Å²) in [6, 6.07) is 6.91. The zero-order valence-electron chi connectivity index (χ0n) is 16.8. The van der Waals surface area contributed by atoms with E-state index in [0.717, 1.165) is 22.6 Å². The monoisotopic (exact) mass is 398 g/mol. The van der Waals surface area contributed by atoms with E-state index in [2.05, 4.69) is 15.2 Å². The van der Waals surface area contributed by atoms with E-state index in [-0.39, 0.29) is 18.5 Å². The number of aromatic nitrogens is 4. The van der Waals surface area contributed by atoms with Gasteiger partial charge in [0.05, 0.1) is 24.1 Å². The van der Waals surface area contributed by atoms with Crippen LogP contribution in [0.3, 0.4) is 0 Å². The third-order valence-corrected chi connectivity index (χ3v) is 4.49. The lowest BCUT2D eigenvalue weighted by Crippen LogP contribution is -2.06. The molecule has 0 aliphatic heterocycles. The van der Waals surface area contributed by atoms with Gasteiger partial charge < -0.3 is 14.0 Å². The van der Waals surface area contributed by atoms with E-state index in [0.29, 0.717) is 24.2 Å². The molecule has 3 rings (SSSR count). The van der Waals surface area contributed by atoms with Crippen LogP contribution in [0.25, 0.3) is 5.69 Å². The first kappa shape index (κ1) is 20.2. The molecule has 2 aromatic heterocycles. The van der Waals surface area contributed by atoms with Crippen molar-refractivity contribution < 1.29 is 23.6 Å². The van der Waals surface area contributed by atoms with Crippen LogP contribution < -0.4 is 0 Å². The molecule has 0 bridgehead atoms. The fourth-order valence-corrected chi connectivity index (χ4v) is 2.97. The van der Waals surface area contributed by atoms with Gasteiger partial charge in [0.1, 0.15) is 0 Å². The molecule has 9 heteroatoms. The van der Waals surface area contributed by atoms with Gasteiger partial charge >= 0.3 is 11.9 Å². The van der Waals surface area contributed by atoms with Gasteiger partial charge in [0.15, 0.2) is 12.4 Å². The molecule has 0 saturated heterocycles. The Hall–Kier alpha value is -3.49. The second kappa shape index (κ2) is 8.68. The lowest BCUT2D eigenvalue weighted by Gasteiger charge is -2.07. The first-order valence-corrected chi connectivity index (χ1v) is 9.07. The van der Waals surface area contributed by atoms with Crippen molar-refractivity contribution in [1.82, 2.24) is 19.9 Å². The predicted molar refractivity (Wildman–Crippen MR) is 102 cm³/mol. The Morgan fingerprint density at radius 1 is 1.14 bits per heavy atom. The number of benzene rings is 1. The molecule has 0 saturated carbocycles. The molecule has 29 heavy (non-hydrogen) atoms. The summed E-state index contributed by atoms with van der Waals surface area (Å²) in [5.41, 5.74) is 4.00. The Morgan fingerprint density at radius 3 is 2.48 bits per heavy atom. The van der Waals surface area contributed by atoms with Crippen LogP contribution in [0.4, 0.5) is 0 Å². The average molecular weight is 398 g/mol. The third kappa shape index (κ3) is 4.68. The fraction of sp³-hybridized carbons (Fsp3) is 0.350. The molecule has 0 N–H and O–H groups in total. The Morgan fingerprint density at radius 2 is 1.86 bits per heavy atom. The largest absolute Gasteiger partial charge is 0.469 e. The van der Waals surface area contributed by atoms with Crippen LogP contribution in [-0.2, 0) is 27.3 Å². The molecule has 0 spiro atoms. The minimum absolute atomic E-state index is 0.0809. The van der Waals surface area contributed by atoms with E-state index in [9.17, 15) is 9.59 Å². The summed E-state index contributed by atoms with van der Waals surface area (Å²) in [6.45, 7) is 5.46. The van der Waals surface area contributed by atoms with E-state index in [1.54, 1.807) is 35.9 Å². The van der Waals surface area contributed by atoms with Crippen molar-refractivity contribution >= 4 is 11.9 Å². The van der Waals surface area contributed by atoms with Crippen molar-refractivity contribution in [2.45, 2.75) is 40.2 Å². The van der Waals surface area contributed by atoms with E-state index < -0.39 is 5.97 Å². The van der Waals surface area contributed by atoms with Crippen molar-refractivity contribution in [2.75, 3.05) is 7.11 Å². The molecule has 0 aliphatic carbocycles. The van der Waals surface area contributed by atoms with Crippen molar-refractivity contribution in [3.05, 3.63) is 58.5 Å². The van der Waals surface area contributed by atoms with Crippen LogP contribution in [0.5, 0.6) is 0 Å². The van der Waals surface area contributed by atoms with Gasteiger partial charge in [0.25, 0.3) is 5.89 Å². The summed E-state index contributed by atoms with van der Waals surface area (Å²) in [5, 5.41) is 8.20. The topological polar surface area (TPSA) is 109 Å². The van der Waals surface area contributed by atoms with Crippen LogP contribution in [0.15, 0.2) is 28.8 Å². The van der Waals surface area contributed by atoms with E-state index in [1.807, 2.05) is 13.8 Å². The molecule has 1 aromatic carbocycles. The van der Waals surface area contributed by atoms with Gasteiger partial charge in [0, 0.05) is 12.1 Å². The minimum Gasteiger partial charge on any atom is -0.469 e. The zero-order valence-corrected chi connectivity index (χ0v) is 16.8. The van der Waals surface area contributed by atoms with E-state index in [1.165, 1.54) is 7.11 Å². The second-order valence-electron chi connectivity index (χ2n) is 6.50. The van der Waals surface area contributed by atoms with Crippen molar-refractivity contribution in [3.8, 4) is 5.69 Å². The lowest BCUT2D eigenvalue weighted by atomic mass is 10.1. The summed E-state index contributed by atoms with van der Waals surface area (Å²) >= 11 is 0. The number of aryl methyl sites for hydroxylation is 2. The molecular formula is C20H22N4O5. The van der Waals surface area contributed by atoms with E-state index >= 15 is 0 Å². The van der Waals surface area contributed by atoms with Gasteiger partial charge in [-0.3, -0.25) is 4.79 Å². The first-order valence-electron chi connectivity index (χ1n) is 9.07. The van der Waals surface area contributed by atoms with Crippen molar-refractivity contribution in [1.29, 1.82) is 0 Å². The summed E-state index contributed by atoms with van der Waals surface area (Å²) in [5.74, 6) is -0.0134. The summed E-state index contributed by atoms with van der Waals surface area (Å²) in [6.07, 6.45) is 0.859. The Balaban J connectivity index is 1.69. The zero-order chi connectivity index (χ0) is 21.0. The lowest BCUT2D eigenvalue weighted by molar-refractivity contribution is -0.140. The van der Waals surface area contributed by atoms with Crippen LogP contribution in [0.1, 0.15) is 45.4 Å². The average Bonchev–Trinajstić information content (AvgIpc) is 3.26. The number of carbonyl (C=O) groups is 2. The molecule has 152 valence electrons. The molecular weight excluding hydrogens is 376 g/mol. The second-order valence-corrected chi connectivity index (χ2v) is 6.50. The highest BCUT2D eigenvalue weighted by Crippen LogP contribution is 2.20. The number of hydrogen-bond acceptors (Lipinski definition) is 8. The normalized spacial score (nSPS) is 10.8. The van der Waals surface area contributed by atoms with Crippen molar-refractivity contribution in [2.24, 2.45) is 0 Å². The molecule has 3 aromatic rings. The number of methoxy groups -OCH3 is 1. The smallest absolute Gasteiger partial charge is 0.338 e. The third-order valence-electron chi connectivity index (χ3n) is 4.49. The first-order chi connectivity index (χ1) is 13.9. The summed E-state index contributed by atoms with van der Waals surface area (Å²) in [4.78, 5) is 27.6. The molecule has 0 aliphatic rings. The SMILES string of the molecule is COC(=O)CCc1c(C)nn(-c2ccc(C(=O)OCc3nc(C)no3)cc2)c1C. The minimum atomic E-state index is -0.487. The number of rotatable bonds is 7. The highest BCUT2D eigenvalue weighted by Gasteiger charge is 2.15. The Labute approximate surface area is 167 Å². The quantitative estimate of drug-likeness (QED) is 0.559. The summed E-state index contributed by atoms with van der Waals surface area (Å²) in [7, 11) is 1.38. The standard InChI is InChI=1S/C20H22N4O5/c1-12-17(9-10-19(25)27-4)13(2)24(22-12)16-7-5-15(6-8-16)20(26)28-11-18-21-14(3)23-29-18/h5-8H,9-11H2,1-4H3. The highest BCUT2D eigenvalue weighted by atomic mass is 16.6. The van der Waals surface area contributed by atoms with Gasteiger partial charge in [-0.1, -0.05) is 5.16 Å². The molecule has 0 atom stereocenters. The molecule has 2 heterocycles. The maximum atomic E-state index is 12.2. The predicted octanol–water partition coefficient (Wildman–Crippen LogP) is 2.64. The van der Waals surface area contributed by atoms with Gasteiger partial charge in [0.2, 0.25) is 0 Å². The fourth-order valence-electron chi connectivity index (χ4n) is 2.97. The van der Waals surface area contributed by atoms with E-state index in [4.69, 9.17) is 14.0 Å². The Bertz CT molecular complexity index is 1020. The van der Waals surface area contributed by atoms with Crippen LogP contribution in [0, 0.1) is 20.8 Å². The van der Waals surface area contributed by atoms with Gasteiger partial charge in [-0.2, -0.15) is 10.1 Å². The Kier molecular flexibility index (Phi) is 6.06. The van der Waals surface area contributed by atoms with Gasteiger partial charge in [-0.25, -0.2) is 9.48 Å². The highest BCUT2D eigenvalue weighted by molar-refractivity contribution is 5.89. The van der Waals surface area contributed by atoms with Crippen LogP contribution >= 0.6 is 0 Å². The molecule has 0 unspecified atom stereocenters. The van der Waals surface area contributed by atoms with Crippen molar-refractivity contribution in [3.63, 3.8) is 0 Å². The maximum Gasteiger partial charge on any atom is 0.338 e. The number of nitrogens with zero attached hydrogens (tertiary/aromatic N) is 4. The number of esters is 2. The molecule has 0 fully saturated rings. The maximum absolute atomic E-state index is 12.2. The van der Waals surface area contributed by atoms with Crippen LogP contribution in [0.2, 0.25) is 0 Å². The number of hydrogen-bond donors (Lipinski definition) is 0. The van der Waals surface area contributed by atoms with Crippen LogP contribution in [-0.4, -0.2) is 39.0 Å². The summed E-state index contributed by atoms with van der Waals surface area (Å²) < 4.78 is 16.6. The molecule has 0 amide bonds. The molecule has 0 radical (unpaired) electrons. The van der Waals surface area contributed by atoms with Gasteiger partial charge in [-0.05, 0) is 57.0 Å².